The zero-order valence-corrected chi connectivity index (χ0v) is 23.2. The van der Waals surface area contributed by atoms with Crippen LogP contribution in [-0.2, 0) is 4.74 Å². The lowest BCUT2D eigenvalue weighted by Crippen LogP contribution is -2.37. The number of anilines is 4. The van der Waals surface area contributed by atoms with Crippen molar-refractivity contribution in [1.29, 1.82) is 0 Å². The Labute approximate surface area is 241 Å². The Hall–Kier alpha value is -4.19. The van der Waals surface area contributed by atoms with Crippen molar-refractivity contribution < 1.29 is 23.4 Å². The van der Waals surface area contributed by atoms with Gasteiger partial charge >= 0.3 is 6.03 Å². The molecule has 1 saturated heterocycles. The van der Waals surface area contributed by atoms with Gasteiger partial charge in [-0.05, 0) is 48.9 Å². The van der Waals surface area contributed by atoms with Crippen molar-refractivity contribution in [3.8, 4) is 11.5 Å². The van der Waals surface area contributed by atoms with Crippen molar-refractivity contribution >= 4 is 51.4 Å². The predicted octanol–water partition coefficient (Wildman–Crippen LogP) is 5.92. The molecule has 0 saturated carbocycles. The summed E-state index contributed by atoms with van der Waals surface area (Å²) in [6, 6.07) is 14.3. The number of hydrogen-bond donors (Lipinski definition) is 3. The fraction of sp³-hybridized carbons (Fsp3) is 0.276. The second kappa shape index (κ2) is 13.4. The quantitative estimate of drug-likeness (QED) is 0.198. The van der Waals surface area contributed by atoms with Crippen LogP contribution < -0.4 is 25.4 Å². The average Bonchev–Trinajstić information content (AvgIpc) is 2.98. The van der Waals surface area contributed by atoms with Crippen LogP contribution in [0.2, 0.25) is 5.02 Å². The minimum atomic E-state index is -0.561. The highest BCUT2D eigenvalue weighted by Crippen LogP contribution is 2.35. The first-order chi connectivity index (χ1) is 20.0. The minimum Gasteiger partial charge on any atom is -0.493 e. The van der Waals surface area contributed by atoms with Gasteiger partial charge in [0.05, 0.1) is 37.5 Å². The third-order valence-corrected chi connectivity index (χ3v) is 6.75. The maximum Gasteiger partial charge on any atom is 0.323 e. The normalized spacial score (nSPS) is 13.5. The fourth-order valence-electron chi connectivity index (χ4n) is 4.41. The van der Waals surface area contributed by atoms with Gasteiger partial charge in [-0.15, -0.1) is 0 Å². The van der Waals surface area contributed by atoms with E-state index in [0.29, 0.717) is 46.5 Å². The number of hydrogen-bond acceptors (Lipinski definition) is 8. The van der Waals surface area contributed by atoms with Crippen LogP contribution in [0.4, 0.5) is 32.1 Å². The Balaban J connectivity index is 1.26. The van der Waals surface area contributed by atoms with E-state index in [2.05, 4.69) is 30.8 Å². The van der Waals surface area contributed by atoms with Crippen LogP contribution in [0.3, 0.4) is 0 Å². The number of fused-ring (bicyclic) bond motifs is 1. The first-order valence-corrected chi connectivity index (χ1v) is 13.5. The van der Waals surface area contributed by atoms with Gasteiger partial charge in [-0.25, -0.2) is 19.2 Å². The lowest BCUT2D eigenvalue weighted by molar-refractivity contribution is 0.0357. The van der Waals surface area contributed by atoms with E-state index in [0.717, 1.165) is 44.7 Å². The number of rotatable bonds is 10. The van der Waals surface area contributed by atoms with Gasteiger partial charge in [0.25, 0.3) is 0 Å². The predicted molar refractivity (Wildman–Crippen MR) is 157 cm³/mol. The first-order valence-electron chi connectivity index (χ1n) is 13.1. The van der Waals surface area contributed by atoms with Crippen LogP contribution in [0.1, 0.15) is 6.42 Å². The standard InChI is InChI=1S/C29H30ClFN6O4/c1-39-26-17-25-22(16-27(26)41-11-3-8-37-9-12-40-13-10-37)28(33-18-32-25)34-19-4-2-5-20(14-19)35-29(38)36-21-6-7-24(31)23(30)15-21/h2,4-7,14-18H,3,8-13H2,1H3,(H,32,33,34)(H2,35,36,38). The highest BCUT2D eigenvalue weighted by atomic mass is 35.5. The number of halogens is 2. The molecular weight excluding hydrogens is 551 g/mol. The number of amides is 2. The molecule has 2 heterocycles. The van der Waals surface area contributed by atoms with E-state index in [1.807, 2.05) is 18.2 Å². The molecule has 2 amide bonds. The number of benzene rings is 3. The van der Waals surface area contributed by atoms with Gasteiger partial charge in [0.1, 0.15) is 18.0 Å². The molecule has 0 atom stereocenters. The van der Waals surface area contributed by atoms with E-state index in [4.69, 9.17) is 25.8 Å². The van der Waals surface area contributed by atoms with Gasteiger partial charge in [0.15, 0.2) is 11.5 Å². The largest absolute Gasteiger partial charge is 0.493 e. The van der Waals surface area contributed by atoms with Crippen molar-refractivity contribution in [1.82, 2.24) is 14.9 Å². The van der Waals surface area contributed by atoms with Crippen LogP contribution in [0, 0.1) is 5.82 Å². The molecule has 3 aromatic carbocycles. The van der Waals surface area contributed by atoms with Crippen LogP contribution in [-0.4, -0.2) is 67.5 Å². The number of aromatic nitrogens is 2. The smallest absolute Gasteiger partial charge is 0.323 e. The third kappa shape index (κ3) is 7.51. The molecule has 4 aromatic rings. The Morgan fingerprint density at radius 2 is 1.80 bits per heavy atom. The molecule has 214 valence electrons. The summed E-state index contributed by atoms with van der Waals surface area (Å²) in [5.74, 6) is 1.20. The number of morpholine rings is 1. The van der Waals surface area contributed by atoms with Crippen LogP contribution in [0.25, 0.3) is 10.9 Å². The lowest BCUT2D eigenvalue weighted by atomic mass is 10.2. The molecule has 1 aliphatic rings. The zero-order valence-electron chi connectivity index (χ0n) is 22.5. The summed E-state index contributed by atoms with van der Waals surface area (Å²) in [6.07, 6.45) is 2.34. The molecule has 10 nitrogen and oxygen atoms in total. The lowest BCUT2D eigenvalue weighted by Gasteiger charge is -2.26. The molecule has 3 N–H and O–H groups in total. The average molecular weight is 581 g/mol. The molecule has 1 aromatic heterocycles. The fourth-order valence-corrected chi connectivity index (χ4v) is 4.59. The molecule has 1 aliphatic heterocycles. The maximum absolute atomic E-state index is 13.4. The number of nitrogens with one attached hydrogen (secondary N) is 3. The molecular formula is C29H30ClFN6O4. The highest BCUT2D eigenvalue weighted by Gasteiger charge is 2.14. The second-order valence-electron chi connectivity index (χ2n) is 9.31. The zero-order chi connectivity index (χ0) is 28.6. The number of ether oxygens (including phenoxy) is 3. The van der Waals surface area contributed by atoms with Gasteiger partial charge in [0.2, 0.25) is 0 Å². The molecule has 12 heteroatoms. The van der Waals surface area contributed by atoms with E-state index in [1.54, 1.807) is 25.3 Å². The molecule has 1 fully saturated rings. The minimum absolute atomic E-state index is 0.0785. The molecule has 5 rings (SSSR count). The van der Waals surface area contributed by atoms with Gasteiger partial charge < -0.3 is 30.2 Å². The summed E-state index contributed by atoms with van der Waals surface area (Å²) in [6.45, 7) is 4.90. The number of carbonyl (C=O) groups excluding carboxylic acids is 1. The number of nitrogens with zero attached hydrogens (tertiary/aromatic N) is 3. The van der Waals surface area contributed by atoms with Crippen molar-refractivity contribution in [2.24, 2.45) is 0 Å². The first kappa shape index (κ1) is 28.3. The Morgan fingerprint density at radius 3 is 2.59 bits per heavy atom. The highest BCUT2D eigenvalue weighted by molar-refractivity contribution is 6.31. The molecule has 0 radical (unpaired) electrons. The summed E-state index contributed by atoms with van der Waals surface area (Å²) < 4.78 is 30.5. The van der Waals surface area contributed by atoms with Gasteiger partial charge in [-0.3, -0.25) is 4.90 Å². The summed E-state index contributed by atoms with van der Waals surface area (Å²) >= 11 is 5.80. The van der Waals surface area contributed by atoms with E-state index < -0.39 is 11.8 Å². The second-order valence-corrected chi connectivity index (χ2v) is 9.72. The van der Waals surface area contributed by atoms with E-state index in [-0.39, 0.29) is 5.02 Å². The van der Waals surface area contributed by atoms with Crippen molar-refractivity contribution in [2.75, 3.05) is 62.5 Å². The number of carbonyl (C=O) groups is 1. The van der Waals surface area contributed by atoms with Crippen LogP contribution in [0.15, 0.2) is 60.9 Å². The summed E-state index contributed by atoms with van der Waals surface area (Å²) in [5.41, 5.74) is 2.28. The van der Waals surface area contributed by atoms with Crippen LogP contribution in [0.5, 0.6) is 11.5 Å². The number of urea groups is 1. The van der Waals surface area contributed by atoms with Gasteiger partial charge in [0, 0.05) is 48.1 Å². The van der Waals surface area contributed by atoms with Crippen LogP contribution >= 0.6 is 11.6 Å². The maximum atomic E-state index is 13.4. The summed E-state index contributed by atoms with van der Waals surface area (Å²) in [5, 5.41) is 9.36. The molecule has 0 aliphatic carbocycles. The molecule has 41 heavy (non-hydrogen) atoms. The van der Waals surface area contributed by atoms with Gasteiger partial charge in [-0.1, -0.05) is 17.7 Å². The summed E-state index contributed by atoms with van der Waals surface area (Å²) in [7, 11) is 1.60. The van der Waals surface area contributed by atoms with Crippen molar-refractivity contribution in [2.45, 2.75) is 6.42 Å². The van der Waals surface area contributed by atoms with E-state index in [1.165, 1.54) is 24.5 Å². The van der Waals surface area contributed by atoms with E-state index in [9.17, 15) is 9.18 Å². The van der Waals surface area contributed by atoms with E-state index >= 15 is 0 Å². The SMILES string of the molecule is COc1cc2ncnc(Nc3cccc(NC(=O)Nc4ccc(F)c(Cl)c4)c3)c2cc1OCCCN1CCOCC1. The van der Waals surface area contributed by atoms with Gasteiger partial charge in [-0.2, -0.15) is 0 Å². The molecule has 0 spiro atoms. The monoisotopic (exact) mass is 580 g/mol. The topological polar surface area (TPSA) is 110 Å². The summed E-state index contributed by atoms with van der Waals surface area (Å²) in [4.78, 5) is 23.7. The molecule has 0 bridgehead atoms. The van der Waals surface area contributed by atoms with Crippen molar-refractivity contribution in [3.63, 3.8) is 0 Å². The Kier molecular flexibility index (Phi) is 9.29. The van der Waals surface area contributed by atoms with Crippen molar-refractivity contribution in [3.05, 3.63) is 71.8 Å². The third-order valence-electron chi connectivity index (χ3n) is 6.46. The number of methoxy groups -OCH3 is 1. The Bertz CT molecular complexity index is 1520. The molecule has 0 unspecified atom stereocenters. The Morgan fingerprint density at radius 1 is 1.02 bits per heavy atom.